The summed E-state index contributed by atoms with van der Waals surface area (Å²) in [5.74, 6) is 3.87. The number of aliphatic hydroxyl groups excluding tert-OH is 2. The van der Waals surface area contributed by atoms with Gasteiger partial charge in [0.15, 0.2) is 0 Å². The highest BCUT2D eigenvalue weighted by Crippen LogP contribution is 2.67. The topological polar surface area (TPSA) is 40.5 Å². The summed E-state index contributed by atoms with van der Waals surface area (Å²) in [6.07, 6.45) is 11.1. The summed E-state index contributed by atoms with van der Waals surface area (Å²) in [6, 6.07) is 0. The van der Waals surface area contributed by atoms with Crippen molar-refractivity contribution in [2.45, 2.75) is 90.8 Å². The highest BCUT2D eigenvalue weighted by atomic mass is 16.3. The number of aliphatic hydroxyl groups is 2. The van der Waals surface area contributed by atoms with Crippen molar-refractivity contribution in [2.75, 3.05) is 0 Å². The summed E-state index contributed by atoms with van der Waals surface area (Å²) in [6.45, 7) is 7.08. The molecule has 0 aliphatic heterocycles. The van der Waals surface area contributed by atoms with E-state index in [1.54, 1.807) is 0 Å². The van der Waals surface area contributed by atoms with Crippen LogP contribution in [0.1, 0.15) is 78.6 Å². The molecule has 0 amide bonds. The second kappa shape index (κ2) is 5.46. The molecule has 2 heteroatoms. The molecule has 9 atom stereocenters. The molecule has 0 bridgehead atoms. The quantitative estimate of drug-likeness (QED) is 0.752. The third kappa shape index (κ3) is 2.27. The first-order chi connectivity index (χ1) is 10.9. The number of hydrogen-bond donors (Lipinski definition) is 2. The van der Waals surface area contributed by atoms with Gasteiger partial charge in [-0.15, -0.1) is 0 Å². The predicted molar refractivity (Wildman–Crippen MR) is 92.9 cm³/mol. The first-order valence-electron chi connectivity index (χ1n) is 10.2. The van der Waals surface area contributed by atoms with Crippen LogP contribution in [0.25, 0.3) is 0 Å². The molecule has 132 valence electrons. The van der Waals surface area contributed by atoms with Gasteiger partial charge in [0.1, 0.15) is 0 Å². The van der Waals surface area contributed by atoms with E-state index in [0.717, 1.165) is 36.5 Å². The fourth-order valence-electron chi connectivity index (χ4n) is 8.07. The van der Waals surface area contributed by atoms with Gasteiger partial charge < -0.3 is 10.2 Å². The fraction of sp³-hybridized carbons (Fsp3) is 1.00. The van der Waals surface area contributed by atoms with Crippen LogP contribution >= 0.6 is 0 Å². The Labute approximate surface area is 142 Å². The van der Waals surface area contributed by atoms with E-state index in [2.05, 4.69) is 13.8 Å². The molecule has 4 fully saturated rings. The van der Waals surface area contributed by atoms with Crippen molar-refractivity contribution in [1.29, 1.82) is 0 Å². The lowest BCUT2D eigenvalue weighted by atomic mass is 9.44. The summed E-state index contributed by atoms with van der Waals surface area (Å²) in [5, 5.41) is 20.4. The predicted octanol–water partition coefficient (Wildman–Crippen LogP) is 4.39. The first-order valence-corrected chi connectivity index (χ1v) is 10.2. The van der Waals surface area contributed by atoms with Crippen molar-refractivity contribution in [2.24, 2.45) is 40.4 Å². The second-order valence-electron chi connectivity index (χ2n) is 10.1. The van der Waals surface area contributed by atoms with Crippen molar-refractivity contribution < 1.29 is 10.2 Å². The minimum absolute atomic E-state index is 0.0374. The van der Waals surface area contributed by atoms with E-state index >= 15 is 0 Å². The molecule has 23 heavy (non-hydrogen) atoms. The highest BCUT2D eigenvalue weighted by Gasteiger charge is 2.60. The highest BCUT2D eigenvalue weighted by molar-refractivity contribution is 5.09. The number of rotatable bonds is 1. The summed E-state index contributed by atoms with van der Waals surface area (Å²) >= 11 is 0. The zero-order valence-electron chi connectivity index (χ0n) is 15.3. The van der Waals surface area contributed by atoms with E-state index in [-0.39, 0.29) is 12.2 Å². The summed E-state index contributed by atoms with van der Waals surface area (Å²) < 4.78 is 0. The Balaban J connectivity index is 1.60. The molecule has 0 aromatic heterocycles. The average molecular weight is 321 g/mol. The SMILES string of the molecule is C[C@@H](O)C1CC[C@H]2[C@@H]3CC[C@H]4C[C@H](O)CC[C@]4(C)[C@H]3CC[C@]12C. The van der Waals surface area contributed by atoms with Gasteiger partial charge in [0, 0.05) is 0 Å². The van der Waals surface area contributed by atoms with E-state index in [1.165, 1.54) is 44.9 Å². The standard InChI is InChI=1S/C21H36O2/c1-13(22)17-6-7-18-16-5-4-14-12-15(23)8-10-20(14,2)19(16)9-11-21(17,18)3/h13-19,22-23H,4-12H2,1-3H3/t13-,14+,15-,16+,17?,18+,19+,20+,21-/m1/s1. The van der Waals surface area contributed by atoms with Gasteiger partial charge in [0.2, 0.25) is 0 Å². The van der Waals surface area contributed by atoms with Crippen molar-refractivity contribution in [1.82, 2.24) is 0 Å². The van der Waals surface area contributed by atoms with Crippen LogP contribution in [0, 0.1) is 40.4 Å². The maximum Gasteiger partial charge on any atom is 0.0545 e. The molecule has 0 heterocycles. The summed E-state index contributed by atoms with van der Waals surface area (Å²) in [4.78, 5) is 0. The Hall–Kier alpha value is -0.0800. The monoisotopic (exact) mass is 320 g/mol. The van der Waals surface area contributed by atoms with Gasteiger partial charge in [0.25, 0.3) is 0 Å². The van der Waals surface area contributed by atoms with Crippen molar-refractivity contribution in [3.05, 3.63) is 0 Å². The van der Waals surface area contributed by atoms with Gasteiger partial charge in [-0.3, -0.25) is 0 Å². The van der Waals surface area contributed by atoms with Gasteiger partial charge in [-0.25, -0.2) is 0 Å². The molecule has 4 rings (SSSR count). The third-order valence-electron chi connectivity index (χ3n) is 9.29. The molecule has 0 aromatic rings. The molecule has 2 nitrogen and oxygen atoms in total. The zero-order valence-corrected chi connectivity index (χ0v) is 15.3. The van der Waals surface area contributed by atoms with Gasteiger partial charge in [0.05, 0.1) is 12.2 Å². The molecule has 0 aromatic carbocycles. The maximum absolute atomic E-state index is 10.3. The van der Waals surface area contributed by atoms with E-state index in [0.29, 0.717) is 16.7 Å². The minimum atomic E-state index is -0.140. The van der Waals surface area contributed by atoms with Gasteiger partial charge in [-0.1, -0.05) is 13.8 Å². The van der Waals surface area contributed by atoms with Crippen LogP contribution in [-0.2, 0) is 0 Å². The van der Waals surface area contributed by atoms with Gasteiger partial charge >= 0.3 is 0 Å². The molecule has 0 spiro atoms. The van der Waals surface area contributed by atoms with Crippen LogP contribution in [0.15, 0.2) is 0 Å². The molecule has 0 radical (unpaired) electrons. The Morgan fingerprint density at radius 2 is 1.57 bits per heavy atom. The number of fused-ring (bicyclic) bond motifs is 5. The Morgan fingerprint density at radius 1 is 0.870 bits per heavy atom. The van der Waals surface area contributed by atoms with Crippen molar-refractivity contribution in [3.8, 4) is 0 Å². The lowest BCUT2D eigenvalue weighted by Crippen LogP contribution is -2.54. The zero-order chi connectivity index (χ0) is 16.4. The molecule has 4 aliphatic carbocycles. The van der Waals surface area contributed by atoms with Crippen LogP contribution < -0.4 is 0 Å². The van der Waals surface area contributed by atoms with Crippen LogP contribution in [0.4, 0.5) is 0 Å². The van der Waals surface area contributed by atoms with Crippen molar-refractivity contribution in [3.63, 3.8) is 0 Å². The van der Waals surface area contributed by atoms with Crippen LogP contribution in [0.3, 0.4) is 0 Å². The normalized spacial score (nSPS) is 57.3. The van der Waals surface area contributed by atoms with Crippen LogP contribution in [0.2, 0.25) is 0 Å². The second-order valence-corrected chi connectivity index (χ2v) is 10.1. The van der Waals surface area contributed by atoms with E-state index < -0.39 is 0 Å². The molecular weight excluding hydrogens is 284 g/mol. The summed E-state index contributed by atoms with van der Waals surface area (Å²) in [5.41, 5.74) is 0.860. The van der Waals surface area contributed by atoms with E-state index in [1.807, 2.05) is 6.92 Å². The van der Waals surface area contributed by atoms with Crippen LogP contribution in [0.5, 0.6) is 0 Å². The average Bonchev–Trinajstić information content (AvgIpc) is 2.85. The largest absolute Gasteiger partial charge is 0.393 e. The maximum atomic E-state index is 10.3. The number of hydrogen-bond acceptors (Lipinski definition) is 2. The summed E-state index contributed by atoms with van der Waals surface area (Å²) in [7, 11) is 0. The molecule has 4 aliphatic rings. The molecule has 0 saturated heterocycles. The Bertz CT molecular complexity index is 461. The fourth-order valence-corrected chi connectivity index (χ4v) is 8.07. The molecule has 2 N–H and O–H groups in total. The molecular formula is C21H36O2. The van der Waals surface area contributed by atoms with Crippen molar-refractivity contribution >= 4 is 0 Å². The molecule has 1 unspecified atom stereocenters. The lowest BCUT2D eigenvalue weighted by Gasteiger charge is -2.61. The van der Waals surface area contributed by atoms with Gasteiger partial charge in [-0.05, 0) is 105 Å². The minimum Gasteiger partial charge on any atom is -0.393 e. The smallest absolute Gasteiger partial charge is 0.0545 e. The Kier molecular flexibility index (Phi) is 3.89. The van der Waals surface area contributed by atoms with E-state index in [4.69, 9.17) is 0 Å². The Morgan fingerprint density at radius 3 is 2.30 bits per heavy atom. The van der Waals surface area contributed by atoms with E-state index in [9.17, 15) is 10.2 Å². The van der Waals surface area contributed by atoms with Crippen LogP contribution in [-0.4, -0.2) is 22.4 Å². The lowest BCUT2D eigenvalue weighted by molar-refractivity contribution is -0.132. The first kappa shape index (κ1) is 16.4. The van der Waals surface area contributed by atoms with Gasteiger partial charge in [-0.2, -0.15) is 0 Å². The third-order valence-corrected chi connectivity index (χ3v) is 9.29. The molecule has 4 saturated carbocycles.